The molecule has 13 atom stereocenters. The van der Waals surface area contributed by atoms with Gasteiger partial charge in [0.25, 0.3) is 0 Å². The number of ketones is 2. The number of rotatable bonds is 18. The maximum atomic E-state index is 15.0. The lowest BCUT2D eigenvalue weighted by atomic mass is 9.89. The van der Waals surface area contributed by atoms with E-state index in [9.17, 15) is 58.2 Å². The molecule has 0 amide bonds. The van der Waals surface area contributed by atoms with Crippen molar-refractivity contribution in [3.05, 3.63) is 39.3 Å². The van der Waals surface area contributed by atoms with Crippen LogP contribution in [-0.2, 0) is 100.0 Å². The Morgan fingerprint density at radius 3 is 1.23 bits per heavy atom. The molecule has 1 unspecified atom stereocenters. The highest BCUT2D eigenvalue weighted by atomic mass is 32.2. The third-order valence-corrected chi connectivity index (χ3v) is 15.1. The Hall–Kier alpha value is -6.20. The maximum absolute atomic E-state index is 15.0. The molecule has 422 valence electrons. The smallest absolute Gasteiger partial charge is 0.303 e. The molecule has 77 heavy (non-hydrogen) atoms. The molecule has 3 aliphatic heterocycles. The van der Waals surface area contributed by atoms with Crippen molar-refractivity contribution in [2.45, 2.75) is 164 Å². The minimum absolute atomic E-state index is 0.130. The minimum atomic E-state index is -1.65. The van der Waals surface area contributed by atoms with E-state index in [0.29, 0.717) is 29.1 Å². The molecule has 0 spiro atoms. The van der Waals surface area contributed by atoms with Crippen LogP contribution in [0.3, 0.4) is 0 Å². The lowest BCUT2D eigenvalue weighted by Crippen LogP contribution is -2.56. The van der Waals surface area contributed by atoms with Gasteiger partial charge in [0.1, 0.15) is 27.8 Å². The van der Waals surface area contributed by atoms with Crippen LogP contribution in [0, 0.1) is 0 Å². The number of hydrogen-bond donors (Lipinski definition) is 2. The van der Waals surface area contributed by atoms with Gasteiger partial charge in [-0.3, -0.25) is 52.7 Å². The second-order valence-electron chi connectivity index (χ2n) is 17.8. The first kappa shape index (κ1) is 61.7. The summed E-state index contributed by atoms with van der Waals surface area (Å²) < 4.78 is 67.7. The van der Waals surface area contributed by atoms with E-state index < -0.39 is 189 Å². The van der Waals surface area contributed by atoms with Crippen molar-refractivity contribution in [1.82, 2.24) is 0 Å². The van der Waals surface area contributed by atoms with Gasteiger partial charge in [-0.25, -0.2) is 0 Å². The van der Waals surface area contributed by atoms with Gasteiger partial charge in [0.2, 0.25) is 5.78 Å². The van der Waals surface area contributed by atoms with Crippen LogP contribution in [0.2, 0.25) is 0 Å². The van der Waals surface area contributed by atoms with Crippen LogP contribution in [-0.4, -0.2) is 167 Å². The predicted octanol–water partition coefficient (Wildman–Crippen LogP) is 3.77. The van der Waals surface area contributed by atoms with Crippen molar-refractivity contribution in [1.29, 1.82) is 0 Å². The molecule has 3 saturated heterocycles. The normalized spacial score (nSPS) is 27.2. The quantitative estimate of drug-likeness (QED) is 0.0914. The van der Waals surface area contributed by atoms with Gasteiger partial charge in [-0.1, -0.05) is 35.2 Å². The summed E-state index contributed by atoms with van der Waals surface area (Å²) in [5.41, 5.74) is -5.53. The summed E-state index contributed by atoms with van der Waals surface area (Å²) in [4.78, 5) is 141. The Kier molecular flexibility index (Phi) is 21.5. The van der Waals surface area contributed by atoms with Crippen LogP contribution in [0.5, 0.6) is 11.5 Å². The molecule has 25 nitrogen and oxygen atoms in total. The zero-order valence-electron chi connectivity index (χ0n) is 43.5. The molecular formula is C49H58O25S3. The number of hydrogen-bond acceptors (Lipinski definition) is 28. The van der Waals surface area contributed by atoms with E-state index in [4.69, 9.17) is 56.8 Å². The molecule has 0 saturated carbocycles. The van der Waals surface area contributed by atoms with E-state index in [-0.39, 0.29) is 16.9 Å². The number of thioether (sulfide) groups is 3. The molecular weight excluding hydrogens is 1080 g/mol. The summed E-state index contributed by atoms with van der Waals surface area (Å²) in [5, 5.41) is 24.1. The number of fused-ring (bicyclic) bond motifs is 1. The average molecular weight is 1140 g/mol. The number of esters is 9. The summed E-state index contributed by atoms with van der Waals surface area (Å²) in [5.74, 6) is -11.8. The fraction of sp³-hybridized carbons (Fsp3) is 0.571. The second-order valence-corrected chi connectivity index (χ2v) is 21.3. The zero-order valence-corrected chi connectivity index (χ0v) is 45.9. The van der Waals surface area contributed by atoms with Crippen molar-refractivity contribution < 1.29 is 120 Å². The molecule has 28 heteroatoms. The van der Waals surface area contributed by atoms with Crippen molar-refractivity contribution in [3.8, 4) is 11.5 Å². The first-order valence-corrected chi connectivity index (χ1v) is 26.2. The van der Waals surface area contributed by atoms with Crippen molar-refractivity contribution in [2.75, 3.05) is 19.8 Å². The SMILES string of the molecule is CC(=O)O[C@@H]1[C@@H](OC(C)=O)[C@H](SC2=CC(=O)c3c(O)c(S[C@@H]4OC[C@H](OC(C)=O)[C@H](OC(C)=O)[C@H]4OC(C)=O)c(C(CC=C(C)C)S[C@@H]4OC[C@H](OC(C)=O)[C@H](OC(C)=O)[C@H]4OC(C)=O)c(O)c3C2=O)OC[C@@H]1OC(C)=O. The molecule has 0 aromatic heterocycles. The Morgan fingerprint density at radius 1 is 0.506 bits per heavy atom. The Morgan fingerprint density at radius 2 is 0.857 bits per heavy atom. The van der Waals surface area contributed by atoms with Gasteiger partial charge in [-0.2, -0.15) is 0 Å². The molecule has 0 radical (unpaired) electrons. The Balaban J connectivity index is 1.75. The average Bonchev–Trinajstić information content (AvgIpc) is 3.29. The van der Waals surface area contributed by atoms with Gasteiger partial charge in [0, 0.05) is 79.2 Å². The van der Waals surface area contributed by atoms with Crippen molar-refractivity contribution in [3.63, 3.8) is 0 Å². The highest BCUT2D eigenvalue weighted by Gasteiger charge is 2.52. The highest BCUT2D eigenvalue weighted by molar-refractivity contribution is 8.04. The number of Topliss-reactive ketones (excluding diaryl/α,β-unsaturated/α-hetero) is 1. The summed E-state index contributed by atoms with van der Waals surface area (Å²) in [6.07, 6.45) is -10.9. The lowest BCUT2D eigenvalue weighted by Gasteiger charge is -2.42. The van der Waals surface area contributed by atoms with Crippen LogP contribution in [0.1, 0.15) is 114 Å². The fourth-order valence-corrected chi connectivity index (χ4v) is 12.4. The van der Waals surface area contributed by atoms with Crippen LogP contribution >= 0.6 is 35.3 Å². The van der Waals surface area contributed by atoms with E-state index in [0.717, 1.165) is 80.2 Å². The zero-order chi connectivity index (χ0) is 57.3. The maximum Gasteiger partial charge on any atom is 0.303 e. The topological polar surface area (TPSA) is 339 Å². The number of benzene rings is 1. The highest BCUT2D eigenvalue weighted by Crippen LogP contribution is 2.56. The fourth-order valence-electron chi connectivity index (χ4n) is 8.50. The predicted molar refractivity (Wildman–Crippen MR) is 264 cm³/mol. The number of carbonyl (C=O) groups excluding carboxylic acids is 11. The molecule has 4 aliphatic rings. The van der Waals surface area contributed by atoms with E-state index in [2.05, 4.69) is 0 Å². The molecule has 1 aromatic carbocycles. The molecule has 3 fully saturated rings. The van der Waals surface area contributed by atoms with Gasteiger partial charge >= 0.3 is 53.7 Å². The number of phenolic OH excluding ortho intramolecular Hbond substituents is 2. The van der Waals surface area contributed by atoms with E-state index >= 15 is 4.79 Å². The van der Waals surface area contributed by atoms with Gasteiger partial charge < -0.3 is 67.1 Å². The molecule has 2 N–H and O–H groups in total. The second kappa shape index (κ2) is 26.9. The van der Waals surface area contributed by atoms with Crippen molar-refractivity contribution >= 4 is 101 Å². The van der Waals surface area contributed by atoms with Crippen LogP contribution < -0.4 is 0 Å². The van der Waals surface area contributed by atoms with Gasteiger partial charge in [-0.15, -0.1) is 11.8 Å². The van der Waals surface area contributed by atoms with Gasteiger partial charge in [-0.05, 0) is 20.3 Å². The third-order valence-electron chi connectivity index (χ3n) is 11.1. The molecule has 1 aliphatic carbocycles. The van der Waals surface area contributed by atoms with Crippen LogP contribution in [0.15, 0.2) is 27.5 Å². The number of aromatic hydroxyl groups is 2. The summed E-state index contributed by atoms with van der Waals surface area (Å²) in [7, 11) is 0. The van der Waals surface area contributed by atoms with Gasteiger partial charge in [0.05, 0.1) is 40.7 Å². The number of ether oxygens (including phenoxy) is 12. The molecule has 1 aromatic rings. The lowest BCUT2D eigenvalue weighted by molar-refractivity contribution is -0.213. The minimum Gasteiger partial charge on any atom is -0.507 e. The number of carbonyl (C=O) groups is 11. The van der Waals surface area contributed by atoms with Crippen LogP contribution in [0.4, 0.5) is 0 Å². The number of allylic oxidation sites excluding steroid dienone is 4. The summed E-state index contributed by atoms with van der Waals surface area (Å²) in [6, 6.07) is 0. The van der Waals surface area contributed by atoms with E-state index in [1.165, 1.54) is 0 Å². The summed E-state index contributed by atoms with van der Waals surface area (Å²) >= 11 is 1.86. The standard InChI is InChI=1S/C49H58O25S3/c1-18(2)12-13-32(75-47-43(72-25(9)56)40(69-22(6)53)29(15-63-47)66-19(3)50)35-38(61)36-34(39(62)46(35)77-49-45(74-27(11)58)42(71-24(8)55)31(17-65-49)68-21(5)52)28(59)14-33(37(36)60)76-48-44(73-26(10)57)41(70-23(7)54)30(16-64-48)67-20(4)51/h12,14,29-32,40-45,47-49,61-62H,13,15-17H2,1-11H3/t29-,30-,31-,32?,40-,41-,42-,43+,44+,45+,47-,48-,49-/m0/s1. The van der Waals surface area contributed by atoms with Gasteiger partial charge in [0.15, 0.2) is 60.7 Å². The first-order valence-electron chi connectivity index (χ1n) is 23.5. The molecule has 5 rings (SSSR count). The van der Waals surface area contributed by atoms with Crippen molar-refractivity contribution in [2.24, 2.45) is 0 Å². The Labute approximate surface area is 453 Å². The first-order chi connectivity index (χ1) is 36.1. The Bertz CT molecular complexity index is 2590. The van der Waals surface area contributed by atoms with Crippen LogP contribution in [0.25, 0.3) is 0 Å². The van der Waals surface area contributed by atoms with E-state index in [1.54, 1.807) is 19.9 Å². The number of phenols is 2. The van der Waals surface area contributed by atoms with E-state index in [1.807, 2.05) is 0 Å². The molecule has 3 heterocycles. The summed E-state index contributed by atoms with van der Waals surface area (Å²) in [6.45, 7) is 11.5. The monoisotopic (exact) mass is 1140 g/mol. The molecule has 0 bridgehead atoms. The third kappa shape index (κ3) is 16.0. The largest absolute Gasteiger partial charge is 0.507 e.